The number of hydrogen-bond acceptors (Lipinski definition) is 6. The molecule has 1 fully saturated rings. The van der Waals surface area contributed by atoms with Gasteiger partial charge < -0.3 is 19.5 Å². The van der Waals surface area contributed by atoms with Gasteiger partial charge in [-0.15, -0.1) is 0 Å². The lowest BCUT2D eigenvalue weighted by atomic mass is 9.91. The predicted molar refractivity (Wildman–Crippen MR) is 209 cm³/mol. The van der Waals surface area contributed by atoms with E-state index in [4.69, 9.17) is 14.2 Å². The average molecular weight is 705 g/mol. The second-order valence-electron chi connectivity index (χ2n) is 13.6. The second kappa shape index (κ2) is 17.1. The molecule has 53 heavy (non-hydrogen) atoms. The topological polar surface area (TPSA) is 77.1 Å². The van der Waals surface area contributed by atoms with Crippen molar-refractivity contribution in [2.45, 2.75) is 57.3 Å². The first-order valence-electron chi connectivity index (χ1n) is 18.3. The van der Waals surface area contributed by atoms with Crippen molar-refractivity contribution in [2.75, 3.05) is 12.4 Å². The van der Waals surface area contributed by atoms with E-state index < -0.39 is 5.97 Å². The molecule has 1 saturated carbocycles. The normalized spacial score (nSPS) is 15.5. The van der Waals surface area contributed by atoms with Crippen molar-refractivity contribution in [1.29, 1.82) is 0 Å². The quantitative estimate of drug-likeness (QED) is 0.121. The van der Waals surface area contributed by atoms with Gasteiger partial charge in [-0.2, -0.15) is 0 Å². The van der Waals surface area contributed by atoms with E-state index in [0.29, 0.717) is 23.0 Å². The Bertz CT molecular complexity index is 2090. The minimum absolute atomic E-state index is 0.149. The summed E-state index contributed by atoms with van der Waals surface area (Å²) in [6.45, 7) is 1.88. The highest BCUT2D eigenvalue weighted by molar-refractivity contribution is 6.01. The molecule has 1 amide bonds. The van der Waals surface area contributed by atoms with E-state index in [0.717, 1.165) is 66.6 Å². The SMILES string of the molecule is COC(=O)c1ccccc1NC(=O)Cc1ccc(Oc2ccc3ccc(OC4CCC(N(Cc5ccccc5)Cc5ccccc5)CC4)cc3c2)cc1. The Balaban J connectivity index is 0.939. The van der Waals surface area contributed by atoms with Crippen molar-refractivity contribution < 1.29 is 23.8 Å². The third kappa shape index (κ3) is 9.50. The summed E-state index contributed by atoms with van der Waals surface area (Å²) in [5, 5.41) is 4.97. The molecule has 0 atom stereocenters. The summed E-state index contributed by atoms with van der Waals surface area (Å²) in [4.78, 5) is 27.4. The molecule has 0 saturated heterocycles. The Morgan fingerprint density at radius 2 is 1.21 bits per heavy atom. The summed E-state index contributed by atoms with van der Waals surface area (Å²) in [6.07, 6.45) is 4.57. The molecule has 1 aliphatic carbocycles. The number of anilines is 1. The average Bonchev–Trinajstić information content (AvgIpc) is 3.19. The minimum Gasteiger partial charge on any atom is -0.490 e. The van der Waals surface area contributed by atoms with Crippen molar-refractivity contribution in [3.8, 4) is 17.2 Å². The second-order valence-corrected chi connectivity index (χ2v) is 13.6. The molecule has 6 aromatic rings. The number of nitrogens with zero attached hydrogens (tertiary/aromatic N) is 1. The summed E-state index contributed by atoms with van der Waals surface area (Å²) in [6, 6.07) is 48.6. The van der Waals surface area contributed by atoms with Gasteiger partial charge >= 0.3 is 5.97 Å². The van der Waals surface area contributed by atoms with Crippen molar-refractivity contribution in [1.82, 2.24) is 4.90 Å². The molecule has 0 radical (unpaired) electrons. The van der Waals surface area contributed by atoms with E-state index in [1.807, 2.05) is 36.4 Å². The predicted octanol–water partition coefficient (Wildman–Crippen LogP) is 9.99. The van der Waals surface area contributed by atoms with Crippen molar-refractivity contribution in [3.05, 3.63) is 168 Å². The van der Waals surface area contributed by atoms with Crippen LogP contribution in [0.3, 0.4) is 0 Å². The Morgan fingerprint density at radius 1 is 0.623 bits per heavy atom. The van der Waals surface area contributed by atoms with E-state index >= 15 is 0 Å². The minimum atomic E-state index is -0.501. The van der Waals surface area contributed by atoms with Crippen LogP contribution in [-0.4, -0.2) is 36.0 Å². The van der Waals surface area contributed by atoms with Crippen molar-refractivity contribution in [3.63, 3.8) is 0 Å². The number of hydrogen-bond donors (Lipinski definition) is 1. The maximum absolute atomic E-state index is 12.8. The Labute approximate surface area is 311 Å². The standard InChI is InChI=1S/C46H44N2O5/c1-51-46(50)43-14-8-9-15-44(43)47-45(49)28-33-16-22-39(23-17-33)52-41-24-18-36-19-25-42(30-37(36)29-41)53-40-26-20-38(21-27-40)48(31-34-10-4-2-5-11-34)32-35-12-6-3-7-13-35/h2-19,22-25,29-30,38,40H,20-21,26-28,31-32H2,1H3,(H,47,49). The smallest absolute Gasteiger partial charge is 0.339 e. The van der Waals surface area contributed by atoms with Crippen LogP contribution < -0.4 is 14.8 Å². The van der Waals surface area contributed by atoms with E-state index in [2.05, 4.69) is 95.1 Å². The van der Waals surface area contributed by atoms with Gasteiger partial charge in [0.25, 0.3) is 0 Å². The number of esters is 1. The molecule has 0 aliphatic heterocycles. The Kier molecular flexibility index (Phi) is 11.4. The molecule has 7 heteroatoms. The molecule has 0 bridgehead atoms. The largest absolute Gasteiger partial charge is 0.490 e. The van der Waals surface area contributed by atoms with Crippen LogP contribution in [0, 0.1) is 0 Å². The maximum Gasteiger partial charge on any atom is 0.339 e. The highest BCUT2D eigenvalue weighted by Crippen LogP contribution is 2.32. The number of carbonyl (C=O) groups excluding carboxylic acids is 2. The van der Waals surface area contributed by atoms with Gasteiger partial charge in [-0.05, 0) is 102 Å². The van der Waals surface area contributed by atoms with Gasteiger partial charge in [-0.25, -0.2) is 4.79 Å². The molecule has 0 heterocycles. The lowest BCUT2D eigenvalue weighted by Crippen LogP contribution is -2.39. The number of fused-ring (bicyclic) bond motifs is 1. The van der Waals surface area contributed by atoms with Crippen LogP contribution in [0.4, 0.5) is 5.69 Å². The lowest BCUT2D eigenvalue weighted by Gasteiger charge is -2.37. The molecule has 1 N–H and O–H groups in total. The molecule has 7 rings (SSSR count). The fourth-order valence-corrected chi connectivity index (χ4v) is 7.08. The fourth-order valence-electron chi connectivity index (χ4n) is 7.08. The fraction of sp³-hybridized carbons (Fsp3) is 0.217. The number of ether oxygens (including phenoxy) is 3. The molecular formula is C46H44N2O5. The summed E-state index contributed by atoms with van der Waals surface area (Å²) < 4.78 is 17.6. The van der Waals surface area contributed by atoms with Crippen LogP contribution in [0.15, 0.2) is 146 Å². The number of benzene rings is 6. The zero-order valence-electron chi connectivity index (χ0n) is 29.9. The summed E-state index contributed by atoms with van der Waals surface area (Å²) in [5.41, 5.74) is 4.24. The molecule has 0 aromatic heterocycles. The van der Waals surface area contributed by atoms with Crippen LogP contribution in [0.1, 0.15) is 52.7 Å². The monoisotopic (exact) mass is 704 g/mol. The first-order valence-corrected chi connectivity index (χ1v) is 18.3. The van der Waals surface area contributed by atoms with Crippen LogP contribution >= 0.6 is 0 Å². The highest BCUT2D eigenvalue weighted by Gasteiger charge is 2.27. The lowest BCUT2D eigenvalue weighted by molar-refractivity contribution is -0.115. The number of para-hydroxylation sites is 1. The van der Waals surface area contributed by atoms with Gasteiger partial charge in [0.05, 0.1) is 30.9 Å². The Hall–Kier alpha value is -5.92. The van der Waals surface area contributed by atoms with E-state index in [9.17, 15) is 9.59 Å². The maximum atomic E-state index is 12.8. The number of rotatable bonds is 13. The van der Waals surface area contributed by atoms with Gasteiger partial charge in [0, 0.05) is 19.1 Å². The van der Waals surface area contributed by atoms with Gasteiger partial charge in [-0.3, -0.25) is 9.69 Å². The molecule has 0 unspecified atom stereocenters. The number of methoxy groups -OCH3 is 1. The van der Waals surface area contributed by atoms with E-state index in [-0.39, 0.29) is 18.4 Å². The van der Waals surface area contributed by atoms with E-state index in [1.165, 1.54) is 18.2 Å². The first-order chi connectivity index (χ1) is 26.0. The summed E-state index contributed by atoms with van der Waals surface area (Å²) in [7, 11) is 1.31. The first kappa shape index (κ1) is 35.5. The van der Waals surface area contributed by atoms with Gasteiger partial charge in [0.1, 0.15) is 17.2 Å². The molecule has 0 spiro atoms. The summed E-state index contributed by atoms with van der Waals surface area (Å²) in [5.74, 6) is 1.53. The van der Waals surface area contributed by atoms with Gasteiger partial charge in [0.15, 0.2) is 0 Å². The van der Waals surface area contributed by atoms with E-state index in [1.54, 1.807) is 24.3 Å². The van der Waals surface area contributed by atoms with Crippen LogP contribution in [0.25, 0.3) is 10.8 Å². The zero-order valence-corrected chi connectivity index (χ0v) is 29.9. The Morgan fingerprint density at radius 3 is 1.87 bits per heavy atom. The number of amides is 1. The van der Waals surface area contributed by atoms with Crippen LogP contribution in [-0.2, 0) is 29.0 Å². The van der Waals surface area contributed by atoms with Gasteiger partial charge in [0.2, 0.25) is 5.91 Å². The molecular weight excluding hydrogens is 661 g/mol. The molecule has 1 aliphatic rings. The van der Waals surface area contributed by atoms with Crippen LogP contribution in [0.2, 0.25) is 0 Å². The summed E-state index contributed by atoms with van der Waals surface area (Å²) >= 11 is 0. The molecule has 268 valence electrons. The third-order valence-electron chi connectivity index (χ3n) is 9.83. The highest BCUT2D eigenvalue weighted by atomic mass is 16.5. The number of nitrogens with one attached hydrogen (secondary N) is 1. The number of carbonyl (C=O) groups is 2. The van der Waals surface area contributed by atoms with Crippen molar-refractivity contribution >= 4 is 28.3 Å². The van der Waals surface area contributed by atoms with Crippen molar-refractivity contribution in [2.24, 2.45) is 0 Å². The third-order valence-corrected chi connectivity index (χ3v) is 9.83. The van der Waals surface area contributed by atoms with Gasteiger partial charge in [-0.1, -0.05) is 97.1 Å². The molecule has 7 nitrogen and oxygen atoms in total. The van der Waals surface area contributed by atoms with Crippen LogP contribution in [0.5, 0.6) is 17.2 Å². The zero-order chi connectivity index (χ0) is 36.4. The molecule has 6 aromatic carbocycles.